The number of carbonyl (C=O) groups excluding carboxylic acids is 3. The molecule has 568 valence electrons. The van der Waals surface area contributed by atoms with Crippen LogP contribution in [0.25, 0.3) is 66.5 Å². The number of halogens is 9. The van der Waals surface area contributed by atoms with Crippen molar-refractivity contribution in [1.29, 1.82) is 0 Å². The summed E-state index contributed by atoms with van der Waals surface area (Å²) in [7, 11) is 9.12. The topological polar surface area (TPSA) is 184 Å². The molecule has 3 aliphatic carbocycles. The number of aliphatic carboxylic acids is 1. The van der Waals surface area contributed by atoms with Crippen LogP contribution in [0.3, 0.4) is 0 Å². The molecule has 0 unspecified atom stereocenters. The van der Waals surface area contributed by atoms with Crippen LogP contribution in [0.4, 0.5) is 39.5 Å². The van der Waals surface area contributed by atoms with Gasteiger partial charge >= 0.3 is 36.8 Å². The summed E-state index contributed by atoms with van der Waals surface area (Å²) in [5.41, 5.74) is 6.18. The molecule has 3 aromatic heterocycles. The molecule has 29 heteroatoms. The van der Waals surface area contributed by atoms with E-state index in [1.165, 1.54) is 72.4 Å². The Morgan fingerprint density at radius 2 is 0.856 bits per heavy atom. The van der Waals surface area contributed by atoms with Gasteiger partial charge in [0.2, 0.25) is 0 Å². The van der Waals surface area contributed by atoms with E-state index in [4.69, 9.17) is 21.0 Å². The number of terminal acetylenes is 2. The van der Waals surface area contributed by atoms with Gasteiger partial charge in [-0.3, -0.25) is 14.4 Å². The largest absolute Gasteiger partial charge is 1.00 e. The van der Waals surface area contributed by atoms with Gasteiger partial charge in [0.25, 0.3) is 0 Å². The van der Waals surface area contributed by atoms with E-state index < -0.39 is 40.9 Å². The van der Waals surface area contributed by atoms with Crippen molar-refractivity contribution in [1.82, 2.24) is 15.0 Å². The van der Waals surface area contributed by atoms with Crippen LogP contribution >= 0.6 is 0 Å². The third kappa shape index (κ3) is 29.4. The fourth-order valence-electron chi connectivity index (χ4n) is 11.3. The first kappa shape index (κ1) is 93.6. The van der Waals surface area contributed by atoms with Gasteiger partial charge in [-0.2, -0.15) is 0 Å². The number of aldehydes is 1. The number of ether oxygens (including phenoxy) is 2. The molecule has 0 radical (unpaired) electrons. The third-order valence-electron chi connectivity index (χ3n) is 16.3. The normalized spacial score (nSPS) is 15.0. The van der Waals surface area contributed by atoms with E-state index in [1.54, 1.807) is 106 Å². The van der Waals surface area contributed by atoms with Crippen LogP contribution in [-0.4, -0.2) is 62.9 Å². The van der Waals surface area contributed by atoms with Crippen LogP contribution in [-0.2, 0) is 117 Å². The fourth-order valence-corrected chi connectivity index (χ4v) is 22.3. The molecule has 3 saturated carbocycles. The Morgan fingerprint density at radius 1 is 0.495 bits per heavy atom. The minimum atomic E-state index is -0.809. The predicted molar refractivity (Wildman–Crippen MR) is 430 cm³/mol. The Balaban J connectivity index is 0.000000290. The molecule has 11 nitrogen and oxygen atoms in total. The minimum absolute atomic E-state index is 0. The van der Waals surface area contributed by atoms with Crippen LogP contribution in [0.2, 0.25) is 0 Å². The van der Waals surface area contributed by atoms with Gasteiger partial charge in [-0.25, -0.2) is 39.5 Å². The van der Waals surface area contributed by atoms with Gasteiger partial charge in [0.1, 0.15) is 58.6 Å². The molecule has 0 amide bonds. The zero-order valence-electron chi connectivity index (χ0n) is 59.7. The number of carboxylic acid groups (broad SMARTS) is 1. The van der Waals surface area contributed by atoms with Gasteiger partial charge in [-0.15, -0.1) is 18.8 Å². The zero-order valence-corrected chi connectivity index (χ0v) is 66.3. The molecular weight excluding hydrogens is 1590 g/mol. The molecule has 0 bridgehead atoms. The Hall–Kier alpha value is -9.81. The predicted octanol–water partition coefficient (Wildman–Crippen LogP) is 13.4. The van der Waals surface area contributed by atoms with Crippen molar-refractivity contribution in [3.8, 4) is 130 Å². The van der Waals surface area contributed by atoms with Gasteiger partial charge in [0.15, 0.2) is 0 Å². The number of hydrogen-bond acceptors (Lipinski definition) is 9. The van der Waals surface area contributed by atoms with Crippen molar-refractivity contribution in [3.63, 3.8) is 0 Å². The summed E-state index contributed by atoms with van der Waals surface area (Å²) in [5.74, 6) is 28.0. The van der Waals surface area contributed by atoms with E-state index in [2.05, 4.69) is 127 Å². The summed E-state index contributed by atoms with van der Waals surface area (Å²) in [4.78, 5) is 52.9. The standard InChI is InChI=1S/C22H20F3NO2.C20H16F3NO2.C15H4.C14H8F3N.C8H12O3.C3H4.Li.H2O.S8/c1-2-28-22(27)14-7-12(8-14)9-17-18-10-16(24)11-19(25)21(18)26-20(17)13-3-5-15(23)6-4-13;21-13-3-1-11(2-4-13)18-15(7-10-5-12(6-10)20(25)26)16-8-14(22)9-17(23)19(16)24-18;1-3-5-7-9-11-13-15-14-12-10-8-6-4-2;15-10-3-1-8(2-4-10)13-6-9-5-11(16)7-12(17)14(9)18-13;1-2-11-8(10)7-3-6(4-7)5-9;1-3-2;;;1-3-5-7-8-6-4-2/h3-6,10-12,14,26H,2,7-9H2,1H3;1-4,8-10,12,24H,5-7H2,(H,25,26);1H,2H3;1-7,18H;5-7H,2-4H2,1H3;1H,2H3;;1H2;/q;;;;;;+1;;/p-1. The molecule has 12 rings (SSSR count). The summed E-state index contributed by atoms with van der Waals surface area (Å²) < 4.78 is 132. The molecule has 0 aliphatic heterocycles. The number of esters is 2. The first-order valence-corrected chi connectivity index (χ1v) is 42.1. The van der Waals surface area contributed by atoms with Gasteiger partial charge in [-0.05, 0) is 287 Å². The minimum Gasteiger partial charge on any atom is -0.870 e. The molecule has 6 aromatic carbocycles. The number of aromatic nitrogens is 3. The molecular formula is C82H65F9LiN3O8S8. The smallest absolute Gasteiger partial charge is 0.870 e. The van der Waals surface area contributed by atoms with Crippen molar-refractivity contribution in [3.05, 3.63) is 179 Å². The fraction of sp³-hybridized carbons (Fsp3) is 0.244. The molecule has 0 saturated heterocycles. The van der Waals surface area contributed by atoms with E-state index in [0.29, 0.717) is 115 Å². The third-order valence-corrected chi connectivity index (χ3v) is 27.4. The molecule has 111 heavy (non-hydrogen) atoms. The number of hydrogen-bond donors (Lipinski definition) is 4. The summed E-state index contributed by atoms with van der Waals surface area (Å²) >= 11 is 9.21. The second-order valence-electron chi connectivity index (χ2n) is 23.5. The van der Waals surface area contributed by atoms with Gasteiger partial charge in [-0.1, -0.05) is 5.92 Å². The summed E-state index contributed by atoms with van der Waals surface area (Å²) in [6.07, 6.45) is 15.3. The molecule has 0 atom stereocenters. The first-order valence-electron chi connectivity index (χ1n) is 32.8. The van der Waals surface area contributed by atoms with Crippen molar-refractivity contribution in [2.45, 2.75) is 79.1 Å². The number of H-pyrrole nitrogens is 3. The maximum absolute atomic E-state index is 14.3. The second-order valence-corrected chi connectivity index (χ2v) is 34.1. The van der Waals surface area contributed by atoms with Crippen molar-refractivity contribution >= 4 is 133 Å². The molecule has 3 aliphatic rings. The van der Waals surface area contributed by atoms with Crippen LogP contribution in [0.5, 0.6) is 0 Å². The summed E-state index contributed by atoms with van der Waals surface area (Å²) in [6.45, 7) is 7.71. The average molecular weight is 1650 g/mol. The first-order chi connectivity index (χ1) is 52.5. The number of benzene rings is 6. The van der Waals surface area contributed by atoms with Crippen LogP contribution in [0.15, 0.2) is 115 Å². The van der Waals surface area contributed by atoms with Crippen LogP contribution in [0.1, 0.15) is 77.3 Å². The van der Waals surface area contributed by atoms with Crippen LogP contribution in [0, 0.1) is 184 Å². The van der Waals surface area contributed by atoms with E-state index in [0.717, 1.165) is 35.6 Å². The van der Waals surface area contributed by atoms with Crippen molar-refractivity contribution in [2.24, 2.45) is 35.5 Å². The van der Waals surface area contributed by atoms with Crippen molar-refractivity contribution < 1.29 is 97.6 Å². The van der Waals surface area contributed by atoms with Gasteiger partial charge in [0.05, 0.1) is 47.5 Å². The number of aromatic amines is 3. The number of rotatable bonds is 13. The summed E-state index contributed by atoms with van der Waals surface area (Å²) in [6, 6.07) is 25.4. The number of carbonyl (C=O) groups is 4. The Morgan fingerprint density at radius 3 is 1.23 bits per heavy atom. The van der Waals surface area contributed by atoms with Gasteiger partial charge < -0.3 is 39.8 Å². The number of nitrogens with one attached hydrogen (secondary N) is 3. The zero-order chi connectivity index (χ0) is 79.4. The number of carboxylic acids is 1. The Kier molecular flexibility index (Phi) is 41.7. The van der Waals surface area contributed by atoms with E-state index in [9.17, 15) is 58.7 Å². The van der Waals surface area contributed by atoms with E-state index in [1.807, 2.05) is 0 Å². The van der Waals surface area contributed by atoms with E-state index in [-0.39, 0.29) is 106 Å². The maximum atomic E-state index is 14.3. The van der Waals surface area contributed by atoms with Crippen LogP contribution < -0.4 is 18.9 Å². The summed E-state index contributed by atoms with van der Waals surface area (Å²) in [5, 5.41) is 10.4. The monoisotopic (exact) mass is 1650 g/mol. The second kappa shape index (κ2) is 49.4. The Labute approximate surface area is 675 Å². The quantitative estimate of drug-likeness (QED) is 0.0285. The van der Waals surface area contributed by atoms with Crippen molar-refractivity contribution in [2.75, 3.05) is 13.2 Å². The molecule has 3 fully saturated rings. The number of fused-ring (bicyclic) bond motifs is 3. The Bertz CT molecular complexity index is 5550. The molecule has 0 spiro atoms. The SMILES string of the molecule is C#CC.C#CC#CC#CC#CC#CC#CC#CC.CCOC(=O)C1CC(C=O)C1.CCOC(=O)C1CC(Cc2c(-c3ccc(F)cc3)[nH]c3c(F)cc(F)cc23)C1.Fc1ccc(-c2cc3cc(F)cc(F)c3[nH]2)cc1.O=C(O)C1CC(Cc2c(-c3ccc(F)cc3)[nH]c3c(F)cc(F)cc23)C1.S=S=S=S=S=S=S=S.[Li+].[OH-]. The molecule has 5 N–H and O–H groups in total. The van der Waals surface area contributed by atoms with E-state index >= 15 is 0 Å². The molecule has 3 heterocycles. The van der Waals surface area contributed by atoms with Gasteiger partial charge in [0, 0.05) is 133 Å². The maximum Gasteiger partial charge on any atom is 1.00 e. The average Bonchev–Trinajstić information content (AvgIpc) is 1.63. The molecule has 9 aromatic rings.